The highest BCUT2D eigenvalue weighted by atomic mass is 35.5. The minimum absolute atomic E-state index is 0.0359. The second-order valence-electron chi connectivity index (χ2n) is 8.46. The molecular weight excluding hydrogens is 444 g/mol. The van der Waals surface area contributed by atoms with Gasteiger partial charge in [-0.15, -0.1) is 0 Å². The standard InChI is InChI=1S/C23H24ClF2NO3S/c24-17-3-6-19(7-4-17)31(29,30)23(20-14-18(25)5-8-21(20)26)11-9-16(10-12-23)15-27-13-1-2-22(27)28/h3-8,14,16H,1-2,9-13,15H2/t16-,23+. The number of hydrogen-bond donors (Lipinski definition) is 0. The van der Waals surface area contributed by atoms with E-state index >= 15 is 0 Å². The highest BCUT2D eigenvalue weighted by Crippen LogP contribution is 2.49. The molecule has 0 atom stereocenters. The van der Waals surface area contributed by atoms with Crippen LogP contribution in [0, 0.1) is 17.6 Å². The molecule has 2 aliphatic rings. The van der Waals surface area contributed by atoms with Gasteiger partial charge in [0.05, 0.1) is 4.90 Å². The summed E-state index contributed by atoms with van der Waals surface area (Å²) >= 11 is 5.92. The van der Waals surface area contributed by atoms with Crippen LogP contribution in [0.4, 0.5) is 8.78 Å². The Balaban J connectivity index is 1.70. The van der Waals surface area contributed by atoms with E-state index < -0.39 is 26.2 Å². The second-order valence-corrected chi connectivity index (χ2v) is 11.2. The molecule has 8 heteroatoms. The zero-order chi connectivity index (χ0) is 22.2. The lowest BCUT2D eigenvalue weighted by atomic mass is 9.77. The zero-order valence-electron chi connectivity index (χ0n) is 17.0. The summed E-state index contributed by atoms with van der Waals surface area (Å²) in [6, 6.07) is 8.76. The fourth-order valence-electron chi connectivity index (χ4n) is 4.90. The van der Waals surface area contributed by atoms with Crippen LogP contribution >= 0.6 is 11.6 Å². The number of carbonyl (C=O) groups is 1. The van der Waals surface area contributed by atoms with Gasteiger partial charge in [0, 0.05) is 30.1 Å². The van der Waals surface area contributed by atoms with Crippen LogP contribution in [-0.2, 0) is 19.4 Å². The van der Waals surface area contributed by atoms with Gasteiger partial charge in [-0.3, -0.25) is 4.79 Å². The van der Waals surface area contributed by atoms with Crippen molar-refractivity contribution >= 4 is 27.3 Å². The zero-order valence-corrected chi connectivity index (χ0v) is 18.6. The summed E-state index contributed by atoms with van der Waals surface area (Å²) < 4.78 is 55.0. The second kappa shape index (κ2) is 8.51. The number of hydrogen-bond acceptors (Lipinski definition) is 3. The van der Waals surface area contributed by atoms with E-state index in [1.165, 1.54) is 24.3 Å². The van der Waals surface area contributed by atoms with Gasteiger partial charge in [-0.05, 0) is 80.5 Å². The Kier molecular flexibility index (Phi) is 6.10. The maximum Gasteiger partial charge on any atom is 0.222 e. The Morgan fingerprint density at radius 2 is 1.74 bits per heavy atom. The van der Waals surface area contributed by atoms with Crippen LogP contribution < -0.4 is 0 Å². The van der Waals surface area contributed by atoms with Gasteiger partial charge in [-0.25, -0.2) is 17.2 Å². The summed E-state index contributed by atoms with van der Waals surface area (Å²) in [5.41, 5.74) is -0.127. The molecule has 166 valence electrons. The molecule has 0 N–H and O–H groups in total. The highest BCUT2D eigenvalue weighted by molar-refractivity contribution is 7.92. The average Bonchev–Trinajstić information content (AvgIpc) is 3.15. The lowest BCUT2D eigenvalue weighted by Gasteiger charge is -2.41. The Labute approximate surface area is 186 Å². The van der Waals surface area contributed by atoms with Crippen molar-refractivity contribution in [1.29, 1.82) is 0 Å². The van der Waals surface area contributed by atoms with Gasteiger partial charge in [0.15, 0.2) is 9.84 Å². The van der Waals surface area contributed by atoms with Crippen molar-refractivity contribution in [2.24, 2.45) is 5.92 Å². The number of benzene rings is 2. The van der Waals surface area contributed by atoms with Crippen molar-refractivity contribution in [1.82, 2.24) is 4.90 Å². The number of carbonyl (C=O) groups excluding carboxylic acids is 1. The summed E-state index contributed by atoms with van der Waals surface area (Å²) in [4.78, 5) is 13.8. The van der Waals surface area contributed by atoms with Crippen LogP contribution in [-0.4, -0.2) is 32.3 Å². The van der Waals surface area contributed by atoms with Crippen LogP contribution in [0.25, 0.3) is 0 Å². The van der Waals surface area contributed by atoms with E-state index in [1.54, 1.807) is 0 Å². The Morgan fingerprint density at radius 3 is 2.35 bits per heavy atom. The first-order valence-corrected chi connectivity index (χ1v) is 12.3. The van der Waals surface area contributed by atoms with Crippen LogP contribution in [0.5, 0.6) is 0 Å². The maximum absolute atomic E-state index is 14.9. The number of nitrogens with zero attached hydrogens (tertiary/aromatic N) is 1. The molecule has 1 aliphatic heterocycles. The minimum Gasteiger partial charge on any atom is -0.342 e. The molecule has 0 radical (unpaired) electrons. The number of amides is 1. The monoisotopic (exact) mass is 467 g/mol. The lowest BCUT2D eigenvalue weighted by molar-refractivity contribution is -0.128. The molecule has 2 fully saturated rings. The molecule has 0 bridgehead atoms. The van der Waals surface area contributed by atoms with Gasteiger partial charge in [0.2, 0.25) is 5.91 Å². The number of rotatable bonds is 5. The predicted molar refractivity (Wildman–Crippen MR) is 114 cm³/mol. The first-order chi connectivity index (χ1) is 14.7. The van der Waals surface area contributed by atoms with Crippen molar-refractivity contribution in [3.63, 3.8) is 0 Å². The molecule has 1 aliphatic carbocycles. The first kappa shape index (κ1) is 22.2. The van der Waals surface area contributed by atoms with Crippen LogP contribution in [0.1, 0.15) is 44.1 Å². The highest BCUT2D eigenvalue weighted by Gasteiger charge is 2.50. The summed E-state index contributed by atoms with van der Waals surface area (Å²) in [6.45, 7) is 1.31. The molecule has 1 amide bonds. The first-order valence-electron chi connectivity index (χ1n) is 10.5. The van der Waals surface area contributed by atoms with Crippen molar-refractivity contribution in [2.75, 3.05) is 13.1 Å². The van der Waals surface area contributed by atoms with Crippen LogP contribution in [0.3, 0.4) is 0 Å². The van der Waals surface area contributed by atoms with Crippen molar-refractivity contribution in [3.8, 4) is 0 Å². The topological polar surface area (TPSA) is 54.5 Å². The van der Waals surface area contributed by atoms with E-state index in [0.717, 1.165) is 31.2 Å². The van der Waals surface area contributed by atoms with E-state index in [2.05, 4.69) is 0 Å². The molecule has 4 rings (SSSR count). The lowest BCUT2D eigenvalue weighted by Crippen LogP contribution is -2.42. The third kappa shape index (κ3) is 4.10. The number of halogens is 3. The van der Waals surface area contributed by atoms with Crippen molar-refractivity contribution in [2.45, 2.75) is 48.2 Å². The Bertz CT molecular complexity index is 1080. The van der Waals surface area contributed by atoms with Crippen LogP contribution in [0.2, 0.25) is 5.02 Å². The van der Waals surface area contributed by atoms with Gasteiger partial charge in [-0.1, -0.05) is 11.6 Å². The largest absolute Gasteiger partial charge is 0.342 e. The van der Waals surface area contributed by atoms with E-state index in [1.807, 2.05) is 4.90 Å². The quantitative estimate of drug-likeness (QED) is 0.614. The summed E-state index contributed by atoms with van der Waals surface area (Å²) in [5.74, 6) is -1.15. The molecule has 31 heavy (non-hydrogen) atoms. The molecule has 0 spiro atoms. The minimum atomic E-state index is -4.04. The fourth-order valence-corrected chi connectivity index (χ4v) is 7.19. The van der Waals surface area contributed by atoms with Gasteiger partial charge in [0.25, 0.3) is 0 Å². The van der Waals surface area contributed by atoms with Gasteiger partial charge < -0.3 is 4.90 Å². The molecule has 1 saturated heterocycles. The van der Waals surface area contributed by atoms with Gasteiger partial charge >= 0.3 is 0 Å². The smallest absolute Gasteiger partial charge is 0.222 e. The van der Waals surface area contributed by atoms with E-state index in [0.29, 0.717) is 30.8 Å². The number of likely N-dealkylation sites (tertiary alicyclic amines) is 1. The summed E-state index contributed by atoms with van der Waals surface area (Å²) in [5, 5.41) is 0.393. The molecule has 2 aromatic rings. The van der Waals surface area contributed by atoms with E-state index in [9.17, 15) is 22.0 Å². The molecule has 1 heterocycles. The molecule has 4 nitrogen and oxygen atoms in total. The SMILES string of the molecule is O=C1CCCN1C[C@H]1CC[C@@](c2cc(F)ccc2F)(S(=O)(=O)c2ccc(Cl)cc2)CC1. The summed E-state index contributed by atoms with van der Waals surface area (Å²) in [6.07, 6.45) is 2.72. The summed E-state index contributed by atoms with van der Waals surface area (Å²) in [7, 11) is -4.04. The van der Waals surface area contributed by atoms with E-state index in [4.69, 9.17) is 11.6 Å². The van der Waals surface area contributed by atoms with Gasteiger partial charge in [-0.2, -0.15) is 0 Å². The van der Waals surface area contributed by atoms with E-state index in [-0.39, 0.29) is 35.1 Å². The van der Waals surface area contributed by atoms with Crippen molar-refractivity contribution < 1.29 is 22.0 Å². The van der Waals surface area contributed by atoms with Crippen LogP contribution in [0.15, 0.2) is 47.4 Å². The number of sulfone groups is 1. The molecular formula is C23H24ClF2NO3S. The molecule has 1 saturated carbocycles. The normalized spacial score (nSPS) is 24.5. The van der Waals surface area contributed by atoms with Gasteiger partial charge in [0.1, 0.15) is 16.4 Å². The average molecular weight is 468 g/mol. The fraction of sp³-hybridized carbons (Fsp3) is 0.435. The third-order valence-electron chi connectivity index (χ3n) is 6.62. The molecule has 2 aromatic carbocycles. The Hall–Kier alpha value is -1.99. The van der Waals surface area contributed by atoms with Crippen molar-refractivity contribution in [3.05, 3.63) is 64.7 Å². The molecule has 0 aromatic heterocycles. The Morgan fingerprint density at radius 1 is 1.06 bits per heavy atom. The maximum atomic E-state index is 14.9. The molecule has 0 unspecified atom stereocenters. The third-order valence-corrected chi connectivity index (χ3v) is 9.42. The predicted octanol–water partition coefficient (Wildman–Crippen LogP) is 5.10.